The molecular weight excluding hydrogens is 404 g/mol. The first-order valence-electron chi connectivity index (χ1n) is 11.7. The highest BCUT2D eigenvalue weighted by molar-refractivity contribution is 5.81. The Kier molecular flexibility index (Phi) is 8.33. The lowest BCUT2D eigenvalue weighted by Crippen LogP contribution is -2.72. The van der Waals surface area contributed by atoms with Crippen LogP contribution in [0, 0.1) is 16.7 Å². The first-order chi connectivity index (χ1) is 14.2. The molecule has 0 radical (unpaired) electrons. The number of carbonyl (C=O) groups is 1. The number of likely N-dealkylation sites (tertiary alicyclic amines) is 1. The molecule has 0 N–H and O–H groups in total. The average molecular weight is 453 g/mol. The van der Waals surface area contributed by atoms with Crippen molar-refractivity contribution in [2.45, 2.75) is 136 Å². The molecule has 0 amide bonds. The minimum absolute atomic E-state index is 0.105. The molecular formula is C26H48N2O4. The highest BCUT2D eigenvalue weighted by Gasteiger charge is 2.59. The summed E-state index contributed by atoms with van der Waals surface area (Å²) in [5.41, 5.74) is -3.63. The van der Waals surface area contributed by atoms with Gasteiger partial charge < -0.3 is 14.2 Å². The maximum absolute atomic E-state index is 13.9. The molecule has 0 aliphatic carbocycles. The van der Waals surface area contributed by atoms with E-state index in [2.05, 4.69) is 38.7 Å². The third kappa shape index (κ3) is 6.68. The van der Waals surface area contributed by atoms with Gasteiger partial charge in [0.1, 0.15) is 11.1 Å². The molecule has 1 saturated heterocycles. The maximum Gasteiger partial charge on any atom is 0.326 e. The molecule has 0 saturated carbocycles. The van der Waals surface area contributed by atoms with Crippen LogP contribution in [0.25, 0.3) is 0 Å². The van der Waals surface area contributed by atoms with E-state index in [0.29, 0.717) is 12.8 Å². The predicted molar refractivity (Wildman–Crippen MR) is 128 cm³/mol. The molecule has 2 atom stereocenters. The number of hydrogen-bond acceptors (Lipinski definition) is 6. The molecule has 0 aromatic heterocycles. The lowest BCUT2D eigenvalue weighted by molar-refractivity contribution is -0.197. The minimum atomic E-state index is -1.02. The number of methoxy groups -OCH3 is 2. The van der Waals surface area contributed by atoms with Crippen LogP contribution in [-0.2, 0) is 19.0 Å². The van der Waals surface area contributed by atoms with Crippen molar-refractivity contribution in [3.8, 4) is 6.07 Å². The second-order valence-electron chi connectivity index (χ2n) is 13.0. The van der Waals surface area contributed by atoms with Crippen LogP contribution in [0.2, 0.25) is 0 Å². The quantitative estimate of drug-likeness (QED) is 0.454. The van der Waals surface area contributed by atoms with Crippen molar-refractivity contribution in [1.29, 1.82) is 5.26 Å². The fraction of sp³-hybridized carbons (Fsp3) is 0.923. The van der Waals surface area contributed by atoms with Crippen LogP contribution in [-0.4, -0.2) is 59.0 Å². The molecule has 0 spiro atoms. The fourth-order valence-corrected chi connectivity index (χ4v) is 6.23. The van der Waals surface area contributed by atoms with E-state index in [1.165, 1.54) is 0 Å². The number of rotatable bonds is 8. The van der Waals surface area contributed by atoms with E-state index < -0.39 is 22.2 Å². The van der Waals surface area contributed by atoms with Crippen molar-refractivity contribution in [3.05, 3.63) is 0 Å². The summed E-state index contributed by atoms with van der Waals surface area (Å²) in [6.07, 6.45) is 2.52. The van der Waals surface area contributed by atoms with Crippen molar-refractivity contribution in [2.75, 3.05) is 14.2 Å². The number of nitrogens with zero attached hydrogens (tertiary/aromatic N) is 2. The van der Waals surface area contributed by atoms with Crippen LogP contribution in [0.5, 0.6) is 0 Å². The average Bonchev–Trinajstić information content (AvgIpc) is 2.57. The molecule has 0 aromatic rings. The molecule has 1 unspecified atom stereocenters. The molecule has 6 nitrogen and oxygen atoms in total. The number of carbonyl (C=O) groups excluding carboxylic acids is 1. The minimum Gasteiger partial charge on any atom is -0.459 e. The monoisotopic (exact) mass is 452 g/mol. The van der Waals surface area contributed by atoms with Crippen molar-refractivity contribution >= 4 is 5.97 Å². The standard InChI is InChI=1S/C26H48N2O4/c1-21(2,3)32-20(29)26(11,17-25(10,18-27)16-24(8,9)31-13)28-22(4,5)14-19(30-12)15-23(28,6)7/h19H,14-17H2,1-13H3/t25-,26?/m1/s1. The first-order valence-corrected chi connectivity index (χ1v) is 11.7. The smallest absolute Gasteiger partial charge is 0.326 e. The number of piperidine rings is 1. The molecule has 0 bridgehead atoms. The fourth-order valence-electron chi connectivity index (χ4n) is 6.23. The molecule has 1 aliphatic rings. The third-order valence-electron chi connectivity index (χ3n) is 6.70. The maximum atomic E-state index is 13.9. The summed E-state index contributed by atoms with van der Waals surface area (Å²) in [4.78, 5) is 16.2. The van der Waals surface area contributed by atoms with Gasteiger partial charge >= 0.3 is 5.97 Å². The van der Waals surface area contributed by atoms with Crippen LogP contribution in [0.15, 0.2) is 0 Å². The molecule has 0 aromatic carbocycles. The van der Waals surface area contributed by atoms with Crippen LogP contribution >= 0.6 is 0 Å². The SMILES string of the molecule is COC1CC(C)(C)N(C(C)(C[C@](C)(C#N)CC(C)(C)OC)C(=O)OC(C)(C)C)C(C)(C)C1. The van der Waals surface area contributed by atoms with E-state index in [1.54, 1.807) is 14.2 Å². The Bertz CT molecular complexity index is 698. The lowest BCUT2D eigenvalue weighted by Gasteiger charge is -2.61. The second kappa shape index (κ2) is 9.24. The molecule has 6 heteroatoms. The Labute approximate surface area is 197 Å². The van der Waals surface area contributed by atoms with Crippen molar-refractivity contribution in [3.63, 3.8) is 0 Å². The van der Waals surface area contributed by atoms with E-state index in [1.807, 2.05) is 48.5 Å². The summed E-state index contributed by atoms with van der Waals surface area (Å²) < 4.78 is 17.4. The van der Waals surface area contributed by atoms with Crippen LogP contribution < -0.4 is 0 Å². The van der Waals surface area contributed by atoms with Gasteiger partial charge in [-0.15, -0.1) is 0 Å². The summed E-state index contributed by atoms with van der Waals surface area (Å²) in [5, 5.41) is 10.3. The van der Waals surface area contributed by atoms with Gasteiger partial charge in [0.2, 0.25) is 0 Å². The molecule has 32 heavy (non-hydrogen) atoms. The van der Waals surface area contributed by atoms with Crippen molar-refractivity contribution in [1.82, 2.24) is 4.90 Å². The normalized spacial score (nSPS) is 23.6. The summed E-state index contributed by atoms with van der Waals surface area (Å²) in [5.74, 6) is -0.293. The molecule has 1 heterocycles. The zero-order chi connectivity index (χ0) is 25.4. The Morgan fingerprint density at radius 3 is 1.78 bits per heavy atom. The topological polar surface area (TPSA) is 71.8 Å². The molecule has 186 valence electrons. The van der Waals surface area contributed by atoms with Crippen LogP contribution in [0.3, 0.4) is 0 Å². The lowest BCUT2D eigenvalue weighted by atomic mass is 9.67. The summed E-state index contributed by atoms with van der Waals surface area (Å²) in [6.45, 7) is 22.1. The molecule has 1 aliphatic heterocycles. The van der Waals surface area contributed by atoms with Gasteiger partial charge in [-0.05, 0) is 102 Å². The summed E-state index contributed by atoms with van der Waals surface area (Å²) in [6, 6.07) is 2.52. The van der Waals surface area contributed by atoms with Crippen molar-refractivity contribution < 1.29 is 19.0 Å². The van der Waals surface area contributed by atoms with Gasteiger partial charge in [0, 0.05) is 25.3 Å². The number of nitriles is 1. The predicted octanol–water partition coefficient (Wildman–Crippen LogP) is 5.49. The Balaban J connectivity index is 3.64. The van der Waals surface area contributed by atoms with Crippen LogP contribution in [0.4, 0.5) is 0 Å². The number of hydrogen-bond donors (Lipinski definition) is 0. The van der Waals surface area contributed by atoms with E-state index in [9.17, 15) is 10.1 Å². The highest BCUT2D eigenvalue weighted by atomic mass is 16.6. The molecule has 1 fully saturated rings. The van der Waals surface area contributed by atoms with Gasteiger partial charge in [-0.1, -0.05) is 0 Å². The molecule has 1 rings (SSSR count). The van der Waals surface area contributed by atoms with E-state index in [0.717, 1.165) is 12.8 Å². The zero-order valence-corrected chi connectivity index (χ0v) is 22.9. The third-order valence-corrected chi connectivity index (χ3v) is 6.70. The van der Waals surface area contributed by atoms with Gasteiger partial charge in [0.15, 0.2) is 0 Å². The van der Waals surface area contributed by atoms with E-state index in [4.69, 9.17) is 14.2 Å². The summed E-state index contributed by atoms with van der Waals surface area (Å²) >= 11 is 0. The van der Waals surface area contributed by atoms with Gasteiger partial charge in [0.25, 0.3) is 0 Å². The Morgan fingerprint density at radius 1 is 0.969 bits per heavy atom. The highest BCUT2D eigenvalue weighted by Crippen LogP contribution is 2.49. The zero-order valence-electron chi connectivity index (χ0n) is 22.9. The van der Waals surface area contributed by atoms with Crippen molar-refractivity contribution in [2.24, 2.45) is 5.41 Å². The van der Waals surface area contributed by atoms with Gasteiger partial charge in [-0.3, -0.25) is 9.69 Å². The number of ether oxygens (including phenoxy) is 3. The van der Waals surface area contributed by atoms with E-state index in [-0.39, 0.29) is 23.2 Å². The first kappa shape index (κ1) is 28.9. The summed E-state index contributed by atoms with van der Waals surface area (Å²) in [7, 11) is 3.41. The van der Waals surface area contributed by atoms with E-state index >= 15 is 0 Å². The largest absolute Gasteiger partial charge is 0.459 e. The van der Waals surface area contributed by atoms with Gasteiger partial charge in [0.05, 0.1) is 23.2 Å². The van der Waals surface area contributed by atoms with Crippen LogP contribution in [0.1, 0.15) is 102 Å². The number of esters is 1. The Morgan fingerprint density at radius 2 is 1.44 bits per heavy atom. The Hall–Kier alpha value is -1.16. The van der Waals surface area contributed by atoms with Gasteiger partial charge in [-0.25, -0.2) is 0 Å². The second-order valence-corrected chi connectivity index (χ2v) is 13.0. The van der Waals surface area contributed by atoms with Gasteiger partial charge in [-0.2, -0.15) is 5.26 Å².